The topological polar surface area (TPSA) is 559 Å². The van der Waals surface area contributed by atoms with Crippen LogP contribution in [0.15, 0.2) is 30.3 Å². The van der Waals surface area contributed by atoms with Gasteiger partial charge in [0.1, 0.15) is 66.5 Å². The van der Waals surface area contributed by atoms with Crippen LogP contribution in [0.5, 0.6) is 0 Å². The summed E-state index contributed by atoms with van der Waals surface area (Å²) in [6.45, 7) is 6.63. The van der Waals surface area contributed by atoms with Gasteiger partial charge in [-0.3, -0.25) is 71.9 Å². The molecule has 1 aliphatic heterocycles. The fraction of sp³-hybridized carbons (Fsp3) is 0.593. The summed E-state index contributed by atoms with van der Waals surface area (Å²) in [5, 5.41) is 95.0. The Morgan fingerprint density at radius 3 is 1.19 bits per heavy atom. The number of benzene rings is 1. The fourth-order valence-electron chi connectivity index (χ4n) is 8.52. The molecule has 0 aliphatic carbocycles. The summed E-state index contributed by atoms with van der Waals surface area (Å²) in [5.41, 5.74) is 0.484. The smallest absolute Gasteiger partial charge is 0.326 e. The first-order chi connectivity index (χ1) is 41.7. The molecule has 1 saturated heterocycles. The lowest BCUT2D eigenvalue weighted by Crippen LogP contribution is -2.61. The number of aliphatic hydroxyl groups is 2. The predicted octanol–water partition coefficient (Wildman–Crippen LogP) is -6.59. The quantitative estimate of drug-likeness (QED) is 0.0291. The maximum absolute atomic E-state index is 13.9. The molecule has 0 bridgehead atoms. The Bertz CT molecular complexity index is 2730. The van der Waals surface area contributed by atoms with Gasteiger partial charge in [-0.15, -0.1) is 0 Å². The number of carboxylic acid groups (broad SMARTS) is 5. The van der Waals surface area contributed by atoms with Gasteiger partial charge in [-0.1, -0.05) is 64.4 Å². The van der Waals surface area contributed by atoms with Gasteiger partial charge in [-0.25, -0.2) is 4.79 Å². The molecule has 2 rings (SSSR count). The molecule has 0 radical (unpaired) electrons. The first-order valence-electron chi connectivity index (χ1n) is 28.1. The van der Waals surface area contributed by atoms with Gasteiger partial charge in [0, 0.05) is 6.42 Å². The van der Waals surface area contributed by atoms with Crippen LogP contribution in [-0.2, 0) is 83.1 Å². The van der Waals surface area contributed by atoms with Crippen LogP contribution in [0, 0.1) is 11.8 Å². The number of aliphatic hydroxyl groups excluding tert-OH is 2. The normalized spacial score (nSPS) is 16.7. The van der Waals surface area contributed by atoms with Crippen molar-refractivity contribution < 1.29 is 112 Å². The Morgan fingerprint density at radius 2 is 0.809 bits per heavy atom. The lowest BCUT2D eigenvalue weighted by Gasteiger charge is -2.28. The maximum atomic E-state index is 13.9. The van der Waals surface area contributed by atoms with Crippen LogP contribution in [0.4, 0.5) is 0 Å². The van der Waals surface area contributed by atoms with Crippen molar-refractivity contribution >= 4 is 94.8 Å². The number of rotatable bonds is 39. The highest BCUT2D eigenvalue weighted by Crippen LogP contribution is 2.13. The molecule has 1 aromatic rings. The molecular weight excluding hydrogens is 1180 g/mol. The van der Waals surface area contributed by atoms with Crippen molar-refractivity contribution in [2.45, 2.75) is 172 Å². The zero-order chi connectivity index (χ0) is 67.4. The molecule has 0 unspecified atom stereocenters. The number of carboxylic acids is 5. The van der Waals surface area contributed by atoms with Crippen LogP contribution < -0.4 is 63.8 Å². The van der Waals surface area contributed by atoms with Crippen LogP contribution in [0.2, 0.25) is 0 Å². The fourth-order valence-corrected chi connectivity index (χ4v) is 8.52. The minimum Gasteiger partial charge on any atom is -0.481 e. The molecule has 35 nitrogen and oxygen atoms in total. The molecule has 494 valence electrons. The molecule has 0 spiro atoms. The largest absolute Gasteiger partial charge is 0.481 e. The summed E-state index contributed by atoms with van der Waals surface area (Å²) in [6, 6.07) is -12.2. The third-order valence-corrected chi connectivity index (χ3v) is 13.6. The molecule has 1 aromatic carbocycles. The molecule has 0 aromatic heterocycles. The van der Waals surface area contributed by atoms with Gasteiger partial charge in [-0.2, -0.15) is 0 Å². The number of hydrogen-bond donors (Lipinski definition) is 19. The van der Waals surface area contributed by atoms with E-state index in [9.17, 15) is 112 Å². The van der Waals surface area contributed by atoms with Gasteiger partial charge in [-0.05, 0) is 57.1 Å². The van der Waals surface area contributed by atoms with Gasteiger partial charge in [0.05, 0.1) is 44.9 Å². The standard InChI is InChI=1S/C54H80N12O23/c1-7-25(4)42(66-44(78)27(6)57-46(80)31(18-38(69)70)60-49(83)33(20-40(73)74)59-45(79)29-14-11-15-55-29)53(87)62-32(19-39(71)72)47(81)56-26(5)43(77)58-30(16-24(2)3)48(82)64-37(23-68)52(86)65-36(22-67)51(85)61-34(21-41(75)76)50(84)63-35(54(88)89)17-28-12-9-8-10-13-28/h8-10,12-13,24-27,29-37,42,55,67-68H,7,11,14-23H2,1-6H3,(H,56,81)(H,57,80)(H,58,77)(H,59,79)(H,60,83)(H,61,85)(H,62,87)(H,63,84)(H,64,82)(H,65,86)(H,66,78)(H,69,70)(H,71,72)(H,73,74)(H,75,76)(H,88,89)/t25-,26-,27-,29-,30-,31-,32-,33-,34-,35-,36-,37-,42-/m0/s1. The van der Waals surface area contributed by atoms with E-state index >= 15 is 0 Å². The van der Waals surface area contributed by atoms with Gasteiger partial charge in [0.25, 0.3) is 0 Å². The minimum absolute atomic E-state index is 0.159. The molecule has 35 heteroatoms. The van der Waals surface area contributed by atoms with Gasteiger partial charge in [0.15, 0.2) is 0 Å². The lowest BCUT2D eigenvalue weighted by atomic mass is 9.97. The van der Waals surface area contributed by atoms with Crippen molar-refractivity contribution in [1.29, 1.82) is 0 Å². The van der Waals surface area contributed by atoms with E-state index in [0.29, 0.717) is 24.9 Å². The highest BCUT2D eigenvalue weighted by atomic mass is 16.4. The van der Waals surface area contributed by atoms with E-state index in [0.717, 1.165) is 13.8 Å². The SMILES string of the molecule is CC[C@H](C)[C@H](NC(=O)[C@H](C)NC(=O)[C@H](CC(=O)O)NC(=O)[C@H](CC(=O)O)NC(=O)[C@@H]1CCCN1)C(=O)N[C@@H](CC(=O)O)C(=O)N[C@@H](C)C(=O)N[C@@H](CC(C)C)C(=O)N[C@@H](CO)C(=O)N[C@@H](CO)C(=O)N[C@@H](CC(=O)O)C(=O)N[C@@H](Cc1ccccc1)C(=O)O. The Hall–Kier alpha value is -9.38. The first kappa shape index (κ1) is 75.7. The predicted molar refractivity (Wildman–Crippen MR) is 303 cm³/mol. The zero-order valence-electron chi connectivity index (χ0n) is 49.6. The number of carbonyl (C=O) groups excluding carboxylic acids is 11. The van der Waals surface area contributed by atoms with Crippen LogP contribution >= 0.6 is 0 Å². The molecule has 19 N–H and O–H groups in total. The molecule has 13 atom stereocenters. The van der Waals surface area contributed by atoms with Gasteiger partial charge in [0.2, 0.25) is 65.0 Å². The highest BCUT2D eigenvalue weighted by Gasteiger charge is 2.38. The van der Waals surface area contributed by atoms with Crippen LogP contribution in [-0.4, -0.2) is 223 Å². The van der Waals surface area contributed by atoms with Crippen molar-refractivity contribution in [2.75, 3.05) is 19.8 Å². The second kappa shape index (κ2) is 37.3. The number of nitrogens with one attached hydrogen (secondary N) is 12. The molecule has 11 amide bonds. The van der Waals surface area contributed by atoms with Crippen molar-refractivity contribution in [3.63, 3.8) is 0 Å². The summed E-state index contributed by atoms with van der Waals surface area (Å²) in [7, 11) is 0. The number of carbonyl (C=O) groups is 16. The highest BCUT2D eigenvalue weighted by molar-refractivity contribution is 6.01. The molecular formula is C54H80N12O23. The zero-order valence-corrected chi connectivity index (χ0v) is 49.6. The molecule has 0 saturated carbocycles. The van der Waals surface area contributed by atoms with Crippen LogP contribution in [0.3, 0.4) is 0 Å². The number of amides is 11. The second-order valence-corrected chi connectivity index (χ2v) is 21.4. The van der Waals surface area contributed by atoms with Gasteiger partial charge < -0.3 is 99.5 Å². The Kier molecular flexibility index (Phi) is 31.8. The third kappa shape index (κ3) is 26.6. The van der Waals surface area contributed by atoms with Gasteiger partial charge >= 0.3 is 29.8 Å². The van der Waals surface area contributed by atoms with E-state index in [1.54, 1.807) is 51.1 Å². The van der Waals surface area contributed by atoms with Crippen molar-refractivity contribution in [1.82, 2.24) is 63.8 Å². The summed E-state index contributed by atoms with van der Waals surface area (Å²) >= 11 is 0. The number of aliphatic carboxylic acids is 5. The summed E-state index contributed by atoms with van der Waals surface area (Å²) in [6.07, 6.45) is -3.49. The second-order valence-electron chi connectivity index (χ2n) is 21.4. The minimum atomic E-state index is -1.97. The van der Waals surface area contributed by atoms with E-state index in [1.165, 1.54) is 6.92 Å². The summed E-state index contributed by atoms with van der Waals surface area (Å²) in [4.78, 5) is 206. The van der Waals surface area contributed by atoms with Crippen LogP contribution in [0.1, 0.15) is 98.5 Å². The summed E-state index contributed by atoms with van der Waals surface area (Å²) < 4.78 is 0. The Morgan fingerprint density at radius 1 is 0.449 bits per heavy atom. The molecule has 1 heterocycles. The Labute approximate surface area is 509 Å². The monoisotopic (exact) mass is 1260 g/mol. The molecule has 1 aliphatic rings. The lowest BCUT2D eigenvalue weighted by molar-refractivity contribution is -0.144. The Balaban J connectivity index is 2.19. The van der Waals surface area contributed by atoms with Crippen molar-refractivity contribution in [3.8, 4) is 0 Å². The molecule has 89 heavy (non-hydrogen) atoms. The third-order valence-electron chi connectivity index (χ3n) is 13.6. The average Bonchev–Trinajstić information content (AvgIpc) is 2.25. The summed E-state index contributed by atoms with van der Waals surface area (Å²) in [5.74, 6) is -21.9. The van der Waals surface area contributed by atoms with E-state index in [-0.39, 0.29) is 25.2 Å². The first-order valence-corrected chi connectivity index (χ1v) is 28.1. The van der Waals surface area contributed by atoms with E-state index < -0.39 is 212 Å². The van der Waals surface area contributed by atoms with E-state index in [2.05, 4.69) is 53.2 Å². The van der Waals surface area contributed by atoms with Crippen LogP contribution in [0.25, 0.3) is 0 Å². The van der Waals surface area contributed by atoms with Crippen molar-refractivity contribution in [2.24, 2.45) is 11.8 Å². The maximum Gasteiger partial charge on any atom is 0.326 e. The average molecular weight is 1270 g/mol. The number of hydrogen-bond acceptors (Lipinski definition) is 19. The van der Waals surface area contributed by atoms with Crippen molar-refractivity contribution in [3.05, 3.63) is 35.9 Å². The van der Waals surface area contributed by atoms with E-state index in [4.69, 9.17) is 0 Å². The van der Waals surface area contributed by atoms with E-state index in [1.807, 2.05) is 10.6 Å². The molecule has 1 fully saturated rings.